The van der Waals surface area contributed by atoms with Gasteiger partial charge in [-0.3, -0.25) is 4.79 Å². The Labute approximate surface area is 164 Å². The molecule has 0 fully saturated rings. The maximum absolute atomic E-state index is 12.8. The van der Waals surface area contributed by atoms with Crippen molar-refractivity contribution in [2.24, 2.45) is 0 Å². The van der Waals surface area contributed by atoms with Gasteiger partial charge in [-0.1, -0.05) is 11.2 Å². The number of carbonyl (C=O) groups is 1. The highest BCUT2D eigenvalue weighted by molar-refractivity contribution is 5.92. The summed E-state index contributed by atoms with van der Waals surface area (Å²) in [6, 6.07) is 11.7. The summed E-state index contributed by atoms with van der Waals surface area (Å²) in [4.78, 5) is 17.8. The van der Waals surface area contributed by atoms with E-state index in [2.05, 4.69) is 10.1 Å². The molecule has 0 unspecified atom stereocenters. The summed E-state index contributed by atoms with van der Waals surface area (Å²) in [5.74, 6) is 0.970. The van der Waals surface area contributed by atoms with Crippen LogP contribution >= 0.6 is 0 Å². The van der Waals surface area contributed by atoms with Gasteiger partial charge >= 0.3 is 6.18 Å². The normalized spacial score (nSPS) is 11.3. The van der Waals surface area contributed by atoms with E-state index in [1.54, 1.807) is 31.4 Å². The zero-order chi connectivity index (χ0) is 21.0. The van der Waals surface area contributed by atoms with Crippen molar-refractivity contribution in [3.63, 3.8) is 0 Å². The van der Waals surface area contributed by atoms with Crippen LogP contribution in [-0.4, -0.2) is 30.2 Å². The Hall–Kier alpha value is -3.36. The molecule has 152 valence electrons. The highest BCUT2D eigenvalue weighted by Gasteiger charge is 2.31. The third kappa shape index (κ3) is 4.92. The molecule has 0 atom stereocenters. The van der Waals surface area contributed by atoms with E-state index in [-0.39, 0.29) is 30.3 Å². The average molecular weight is 405 g/mol. The predicted molar refractivity (Wildman–Crippen MR) is 99.5 cm³/mol. The zero-order valence-corrected chi connectivity index (χ0v) is 15.7. The molecule has 3 rings (SSSR count). The van der Waals surface area contributed by atoms with Gasteiger partial charge in [0.1, 0.15) is 5.75 Å². The molecule has 1 aromatic heterocycles. The molecular formula is C20H18F3N3O3. The fourth-order valence-electron chi connectivity index (χ4n) is 2.63. The fraction of sp³-hybridized carbons (Fsp3) is 0.250. The van der Waals surface area contributed by atoms with Crippen molar-refractivity contribution >= 4 is 11.6 Å². The lowest BCUT2D eigenvalue weighted by molar-refractivity contribution is -0.137. The number of anilines is 1. The highest BCUT2D eigenvalue weighted by atomic mass is 19.4. The van der Waals surface area contributed by atoms with Crippen molar-refractivity contribution in [2.45, 2.75) is 19.0 Å². The number of rotatable bonds is 6. The molecule has 0 saturated carbocycles. The monoisotopic (exact) mass is 405 g/mol. The summed E-state index contributed by atoms with van der Waals surface area (Å²) >= 11 is 0. The van der Waals surface area contributed by atoms with E-state index in [4.69, 9.17) is 9.26 Å². The minimum absolute atomic E-state index is 0.0109. The Kier molecular flexibility index (Phi) is 5.86. The Morgan fingerprint density at radius 3 is 2.55 bits per heavy atom. The van der Waals surface area contributed by atoms with Crippen LogP contribution in [0.2, 0.25) is 0 Å². The number of carbonyl (C=O) groups excluding carboxylic acids is 1. The number of methoxy groups -OCH3 is 1. The number of alkyl halides is 3. The van der Waals surface area contributed by atoms with Gasteiger partial charge in [-0.25, -0.2) is 0 Å². The van der Waals surface area contributed by atoms with Crippen molar-refractivity contribution in [1.29, 1.82) is 0 Å². The Morgan fingerprint density at radius 2 is 1.90 bits per heavy atom. The smallest absolute Gasteiger partial charge is 0.416 e. The predicted octanol–water partition coefficient (Wildman–Crippen LogP) is 4.36. The molecule has 0 radical (unpaired) electrons. The minimum atomic E-state index is -4.47. The van der Waals surface area contributed by atoms with Gasteiger partial charge in [-0.2, -0.15) is 18.2 Å². The highest BCUT2D eigenvalue weighted by Crippen LogP contribution is 2.31. The van der Waals surface area contributed by atoms with Crippen LogP contribution < -0.4 is 9.64 Å². The van der Waals surface area contributed by atoms with Crippen molar-refractivity contribution < 1.29 is 27.2 Å². The first-order valence-electron chi connectivity index (χ1n) is 8.69. The van der Waals surface area contributed by atoms with Crippen LogP contribution in [0.3, 0.4) is 0 Å². The van der Waals surface area contributed by atoms with Gasteiger partial charge in [0.15, 0.2) is 0 Å². The number of aryl methyl sites for hydroxylation is 1. The van der Waals surface area contributed by atoms with Gasteiger partial charge in [0.2, 0.25) is 17.6 Å². The molecule has 6 nitrogen and oxygen atoms in total. The number of nitrogens with zero attached hydrogens (tertiary/aromatic N) is 3. The largest absolute Gasteiger partial charge is 0.497 e. The Morgan fingerprint density at radius 1 is 1.17 bits per heavy atom. The molecule has 0 spiro atoms. The van der Waals surface area contributed by atoms with E-state index in [0.717, 1.165) is 17.7 Å². The molecule has 0 aliphatic heterocycles. The first kappa shape index (κ1) is 20.4. The quantitative estimate of drug-likeness (QED) is 0.610. The van der Waals surface area contributed by atoms with Crippen LogP contribution in [0, 0.1) is 0 Å². The lowest BCUT2D eigenvalue weighted by Crippen LogP contribution is -2.26. The zero-order valence-electron chi connectivity index (χ0n) is 15.7. The number of hydrogen-bond acceptors (Lipinski definition) is 5. The molecule has 0 bridgehead atoms. The maximum Gasteiger partial charge on any atom is 0.416 e. The number of aromatic nitrogens is 2. The van der Waals surface area contributed by atoms with E-state index in [0.29, 0.717) is 11.6 Å². The number of halogens is 3. The van der Waals surface area contributed by atoms with E-state index >= 15 is 0 Å². The van der Waals surface area contributed by atoms with E-state index in [1.807, 2.05) is 0 Å². The van der Waals surface area contributed by atoms with Crippen LogP contribution in [0.1, 0.15) is 17.9 Å². The maximum atomic E-state index is 12.8. The molecule has 1 amide bonds. The second-order valence-corrected chi connectivity index (χ2v) is 6.24. The molecular weight excluding hydrogens is 387 g/mol. The van der Waals surface area contributed by atoms with Gasteiger partial charge in [0.05, 0.1) is 12.7 Å². The summed E-state index contributed by atoms with van der Waals surface area (Å²) < 4.78 is 48.8. The Balaban J connectivity index is 1.63. The van der Waals surface area contributed by atoms with Gasteiger partial charge in [0, 0.05) is 31.1 Å². The molecule has 0 aliphatic rings. The van der Waals surface area contributed by atoms with Crippen LogP contribution in [0.5, 0.6) is 5.75 Å². The molecule has 3 aromatic rings. The lowest BCUT2D eigenvalue weighted by atomic mass is 10.1. The lowest BCUT2D eigenvalue weighted by Gasteiger charge is -2.18. The van der Waals surface area contributed by atoms with E-state index < -0.39 is 11.7 Å². The van der Waals surface area contributed by atoms with E-state index in [9.17, 15) is 18.0 Å². The summed E-state index contributed by atoms with van der Waals surface area (Å²) in [5, 5.41) is 3.88. The number of benzene rings is 2. The Bertz CT molecular complexity index is 984. The van der Waals surface area contributed by atoms with Gasteiger partial charge in [0.25, 0.3) is 0 Å². The second-order valence-electron chi connectivity index (χ2n) is 6.24. The van der Waals surface area contributed by atoms with E-state index in [1.165, 1.54) is 24.1 Å². The van der Waals surface area contributed by atoms with Gasteiger partial charge < -0.3 is 14.2 Å². The average Bonchev–Trinajstić information content (AvgIpc) is 3.20. The number of amides is 1. The molecule has 0 N–H and O–H groups in total. The summed E-state index contributed by atoms with van der Waals surface area (Å²) in [6.45, 7) is 0. The van der Waals surface area contributed by atoms with Crippen LogP contribution in [0.15, 0.2) is 53.1 Å². The first-order chi connectivity index (χ1) is 13.8. The summed E-state index contributed by atoms with van der Waals surface area (Å²) in [7, 11) is 2.99. The number of ether oxygens (including phenoxy) is 1. The fourth-order valence-corrected chi connectivity index (χ4v) is 2.63. The van der Waals surface area contributed by atoms with Crippen molar-refractivity contribution in [3.8, 4) is 17.1 Å². The topological polar surface area (TPSA) is 68.5 Å². The van der Waals surface area contributed by atoms with Gasteiger partial charge in [-0.15, -0.1) is 0 Å². The van der Waals surface area contributed by atoms with Gasteiger partial charge in [-0.05, 0) is 42.5 Å². The minimum Gasteiger partial charge on any atom is -0.497 e. The van der Waals surface area contributed by atoms with Crippen LogP contribution in [-0.2, 0) is 17.4 Å². The molecule has 29 heavy (non-hydrogen) atoms. The third-order valence-electron chi connectivity index (χ3n) is 4.30. The van der Waals surface area contributed by atoms with Crippen LogP contribution in [0.4, 0.5) is 18.9 Å². The van der Waals surface area contributed by atoms with Crippen molar-refractivity contribution in [1.82, 2.24) is 10.1 Å². The first-order valence-corrected chi connectivity index (χ1v) is 8.69. The van der Waals surface area contributed by atoms with Crippen LogP contribution in [0.25, 0.3) is 11.4 Å². The SMILES string of the molecule is COc1ccc(-c2noc(CCC(=O)N(C)c3cccc(C(F)(F)F)c3)n2)cc1. The molecule has 9 heteroatoms. The summed E-state index contributed by atoms with van der Waals surface area (Å²) in [6.07, 6.45) is -4.29. The molecule has 1 heterocycles. The molecule has 0 saturated heterocycles. The molecule has 2 aromatic carbocycles. The third-order valence-corrected chi connectivity index (χ3v) is 4.30. The standard InChI is InChI=1S/C20H18F3N3O3/c1-26(15-5-3-4-14(12-15)20(21,22)23)18(27)11-10-17-24-19(25-29-17)13-6-8-16(28-2)9-7-13/h3-9,12H,10-11H2,1-2H3. The van der Waals surface area contributed by atoms with Crippen molar-refractivity contribution in [3.05, 3.63) is 60.0 Å². The van der Waals surface area contributed by atoms with Crippen molar-refractivity contribution in [2.75, 3.05) is 19.1 Å². The molecule has 0 aliphatic carbocycles. The number of hydrogen-bond donors (Lipinski definition) is 0. The summed E-state index contributed by atoms with van der Waals surface area (Å²) in [5.41, 5.74) is 0.0816. The second kappa shape index (κ2) is 8.34.